The van der Waals surface area contributed by atoms with Gasteiger partial charge in [-0.1, -0.05) is 0 Å². The molecule has 3 rings (SSSR count). The van der Waals surface area contributed by atoms with E-state index in [1.165, 1.54) is 0 Å². The fourth-order valence-corrected chi connectivity index (χ4v) is 2.99. The highest BCUT2D eigenvalue weighted by atomic mass is 16.6. The van der Waals surface area contributed by atoms with Gasteiger partial charge >= 0.3 is 6.09 Å². The Morgan fingerprint density at radius 2 is 2.20 bits per heavy atom. The van der Waals surface area contributed by atoms with E-state index in [1.54, 1.807) is 6.20 Å². The summed E-state index contributed by atoms with van der Waals surface area (Å²) in [6, 6.07) is 4.71. The van der Waals surface area contributed by atoms with Crippen molar-refractivity contribution in [2.24, 2.45) is 0 Å². The first-order valence-corrected chi connectivity index (χ1v) is 7.12. The number of ether oxygens (including phenoxy) is 1. The fraction of sp³-hybridized carbons (Fsp3) is 0.600. The van der Waals surface area contributed by atoms with Gasteiger partial charge in [-0.25, -0.2) is 4.79 Å². The summed E-state index contributed by atoms with van der Waals surface area (Å²) < 4.78 is 5.47. The first-order chi connectivity index (χ1) is 9.46. The van der Waals surface area contributed by atoms with Crippen LogP contribution in [0.2, 0.25) is 0 Å². The maximum Gasteiger partial charge on any atom is 0.410 e. The van der Waals surface area contributed by atoms with E-state index in [2.05, 4.69) is 16.0 Å². The van der Waals surface area contributed by atoms with Crippen molar-refractivity contribution in [2.45, 2.75) is 44.9 Å². The van der Waals surface area contributed by atoms with Gasteiger partial charge in [0.1, 0.15) is 5.60 Å². The van der Waals surface area contributed by atoms with Crippen molar-refractivity contribution in [1.82, 2.24) is 9.88 Å². The summed E-state index contributed by atoms with van der Waals surface area (Å²) in [6.45, 7) is 7.36. The van der Waals surface area contributed by atoms with Gasteiger partial charge in [-0.05, 0) is 39.3 Å². The molecule has 0 saturated carbocycles. The Balaban J connectivity index is 1.64. The van der Waals surface area contributed by atoms with Gasteiger partial charge in [-0.2, -0.15) is 0 Å². The van der Waals surface area contributed by atoms with E-state index in [0.717, 1.165) is 25.2 Å². The molecule has 0 radical (unpaired) electrons. The Morgan fingerprint density at radius 1 is 1.40 bits per heavy atom. The summed E-state index contributed by atoms with van der Waals surface area (Å²) in [6.07, 6.45) is 4.48. The zero-order chi connectivity index (χ0) is 14.3. The lowest BCUT2D eigenvalue weighted by Crippen LogP contribution is -2.63. The minimum Gasteiger partial charge on any atom is -0.444 e. The second kappa shape index (κ2) is 4.65. The first-order valence-electron chi connectivity index (χ1n) is 7.12. The monoisotopic (exact) mass is 275 g/mol. The maximum absolute atomic E-state index is 12.2. The molecule has 20 heavy (non-hydrogen) atoms. The molecule has 2 fully saturated rings. The van der Waals surface area contributed by atoms with Crippen molar-refractivity contribution in [1.29, 1.82) is 0 Å². The van der Waals surface area contributed by atoms with Crippen LogP contribution in [-0.4, -0.2) is 46.8 Å². The topological polar surface area (TPSA) is 45.7 Å². The van der Waals surface area contributed by atoms with Crippen molar-refractivity contribution >= 4 is 11.8 Å². The molecule has 5 heteroatoms. The number of carbonyl (C=O) groups is 1. The van der Waals surface area contributed by atoms with E-state index in [0.29, 0.717) is 6.04 Å². The second-order valence-electron chi connectivity index (χ2n) is 6.46. The molecular formula is C15H21N3O2. The van der Waals surface area contributed by atoms with Crippen molar-refractivity contribution in [3.8, 4) is 0 Å². The number of aromatic nitrogens is 1. The van der Waals surface area contributed by atoms with Gasteiger partial charge in [-0.3, -0.25) is 4.98 Å². The molecule has 0 spiro atoms. The predicted molar refractivity (Wildman–Crippen MR) is 76.7 cm³/mol. The number of nitrogens with zero attached hydrogens (tertiary/aromatic N) is 3. The minimum absolute atomic E-state index is 0.184. The van der Waals surface area contributed by atoms with Crippen LogP contribution in [-0.2, 0) is 4.74 Å². The highest BCUT2D eigenvalue weighted by Gasteiger charge is 2.49. The molecule has 1 aromatic rings. The lowest BCUT2D eigenvalue weighted by molar-refractivity contribution is 0.0194. The average molecular weight is 275 g/mol. The quantitative estimate of drug-likeness (QED) is 0.789. The molecule has 1 aromatic heterocycles. The molecule has 2 saturated heterocycles. The van der Waals surface area contributed by atoms with Crippen molar-refractivity contribution in [3.05, 3.63) is 24.5 Å². The molecule has 2 aliphatic heterocycles. The normalized spacial score (nSPS) is 25.1. The number of likely N-dealkylation sites (tertiary alicyclic amines) is 1. The van der Waals surface area contributed by atoms with Crippen LogP contribution in [0.15, 0.2) is 24.5 Å². The zero-order valence-corrected chi connectivity index (χ0v) is 12.2. The number of fused-ring (bicyclic) bond motifs is 1. The molecule has 3 heterocycles. The second-order valence-corrected chi connectivity index (χ2v) is 6.46. The van der Waals surface area contributed by atoms with Crippen LogP contribution in [0.5, 0.6) is 0 Å². The minimum atomic E-state index is -0.429. The summed E-state index contributed by atoms with van der Waals surface area (Å²) in [4.78, 5) is 20.5. The number of hydrogen-bond acceptors (Lipinski definition) is 4. The van der Waals surface area contributed by atoms with Crippen LogP contribution in [0, 0.1) is 0 Å². The highest BCUT2D eigenvalue weighted by molar-refractivity contribution is 5.70. The summed E-state index contributed by atoms with van der Waals surface area (Å²) in [5.74, 6) is 0. The number of anilines is 1. The van der Waals surface area contributed by atoms with Crippen LogP contribution in [0.4, 0.5) is 10.5 Å². The van der Waals surface area contributed by atoms with Gasteiger partial charge in [0.15, 0.2) is 0 Å². The molecule has 0 N–H and O–H groups in total. The number of pyridine rings is 1. The van der Waals surface area contributed by atoms with Crippen LogP contribution < -0.4 is 4.90 Å². The molecule has 0 aliphatic carbocycles. The molecular weight excluding hydrogens is 254 g/mol. The third-order valence-corrected chi connectivity index (χ3v) is 3.90. The smallest absolute Gasteiger partial charge is 0.410 e. The Bertz CT molecular complexity index is 498. The van der Waals surface area contributed by atoms with E-state index in [4.69, 9.17) is 4.74 Å². The van der Waals surface area contributed by atoms with Crippen molar-refractivity contribution in [3.63, 3.8) is 0 Å². The van der Waals surface area contributed by atoms with Crippen LogP contribution in [0.1, 0.15) is 27.2 Å². The van der Waals surface area contributed by atoms with Gasteiger partial charge in [0.05, 0.1) is 24.0 Å². The predicted octanol–water partition coefficient (Wildman–Crippen LogP) is 2.28. The maximum atomic E-state index is 12.2. The van der Waals surface area contributed by atoms with Crippen molar-refractivity contribution in [2.75, 3.05) is 18.0 Å². The van der Waals surface area contributed by atoms with Crippen molar-refractivity contribution < 1.29 is 9.53 Å². The summed E-state index contributed by atoms with van der Waals surface area (Å²) in [5, 5.41) is 0. The molecule has 0 unspecified atom stereocenters. The zero-order valence-electron chi connectivity index (χ0n) is 12.2. The van der Waals surface area contributed by atoms with E-state index in [-0.39, 0.29) is 12.1 Å². The first kappa shape index (κ1) is 13.2. The van der Waals surface area contributed by atoms with E-state index < -0.39 is 5.60 Å². The standard InChI is InChI=1S/C15H21N3O2/c1-15(2,3)20-14(19)17-8-6-12-13(17)10-18(12)11-5-4-7-16-9-11/h4-5,7,9,12-13H,6,8,10H2,1-3H3/t12-,13-/m1/s1. The van der Waals surface area contributed by atoms with Crippen LogP contribution in [0.25, 0.3) is 0 Å². The number of carbonyl (C=O) groups excluding carboxylic acids is 1. The molecule has 2 atom stereocenters. The van der Waals surface area contributed by atoms with Gasteiger partial charge in [0, 0.05) is 19.3 Å². The third-order valence-electron chi connectivity index (χ3n) is 3.90. The van der Waals surface area contributed by atoms with Gasteiger partial charge in [-0.15, -0.1) is 0 Å². The summed E-state index contributed by atoms with van der Waals surface area (Å²) in [5.41, 5.74) is 0.710. The van der Waals surface area contributed by atoms with Gasteiger partial charge < -0.3 is 14.5 Å². The highest BCUT2D eigenvalue weighted by Crippen LogP contribution is 2.36. The number of rotatable bonds is 1. The Labute approximate surface area is 119 Å². The SMILES string of the molecule is CC(C)(C)OC(=O)N1CC[C@@H]2[C@H]1CN2c1cccnc1. The van der Waals surface area contributed by atoms with E-state index in [1.807, 2.05) is 37.9 Å². The number of hydrogen-bond donors (Lipinski definition) is 0. The molecule has 108 valence electrons. The summed E-state index contributed by atoms with van der Waals surface area (Å²) >= 11 is 0. The number of amides is 1. The molecule has 2 aliphatic rings. The lowest BCUT2D eigenvalue weighted by atomic mass is 9.96. The Morgan fingerprint density at radius 3 is 2.85 bits per heavy atom. The lowest BCUT2D eigenvalue weighted by Gasteiger charge is -2.47. The molecule has 1 amide bonds. The third kappa shape index (κ3) is 2.32. The molecule has 5 nitrogen and oxygen atoms in total. The van der Waals surface area contributed by atoms with Gasteiger partial charge in [0.25, 0.3) is 0 Å². The Kier molecular flexibility index (Phi) is 3.07. The summed E-state index contributed by atoms with van der Waals surface area (Å²) in [7, 11) is 0. The van der Waals surface area contributed by atoms with Gasteiger partial charge in [0.2, 0.25) is 0 Å². The average Bonchev–Trinajstić information content (AvgIpc) is 2.66. The molecule has 0 aromatic carbocycles. The Hall–Kier alpha value is -1.78. The van der Waals surface area contributed by atoms with E-state index >= 15 is 0 Å². The fourth-order valence-electron chi connectivity index (χ4n) is 2.99. The van der Waals surface area contributed by atoms with E-state index in [9.17, 15) is 4.79 Å². The largest absolute Gasteiger partial charge is 0.444 e. The van der Waals surface area contributed by atoms with Crippen LogP contribution in [0.3, 0.4) is 0 Å². The van der Waals surface area contributed by atoms with Crippen LogP contribution >= 0.6 is 0 Å². The molecule has 0 bridgehead atoms.